The van der Waals surface area contributed by atoms with Gasteiger partial charge in [-0.25, -0.2) is 8.42 Å². The second kappa shape index (κ2) is 7.11. The molecule has 1 aliphatic carbocycles. The van der Waals surface area contributed by atoms with E-state index in [1.54, 1.807) is 0 Å². The number of hydrogen-bond donors (Lipinski definition) is 1. The van der Waals surface area contributed by atoms with Gasteiger partial charge in [-0.3, -0.25) is 9.59 Å². The lowest BCUT2D eigenvalue weighted by atomic mass is 10.2. The zero-order valence-electron chi connectivity index (χ0n) is 13.6. The molecular weight excluding hydrogens is 348 g/mol. The average Bonchev–Trinajstić information content (AvgIpc) is 3.45. The SMILES string of the molecule is O=C(O)CN(C(=O)c1cccc(S(=O)(=O)N2CCOCC2)c1)C1CC1. The van der Waals surface area contributed by atoms with E-state index in [0.717, 1.165) is 12.8 Å². The van der Waals surface area contributed by atoms with Crippen LogP contribution >= 0.6 is 0 Å². The van der Waals surface area contributed by atoms with E-state index in [0.29, 0.717) is 13.2 Å². The highest BCUT2D eigenvalue weighted by Crippen LogP contribution is 2.28. The number of hydrogen-bond acceptors (Lipinski definition) is 5. The van der Waals surface area contributed by atoms with Gasteiger partial charge in [0, 0.05) is 24.7 Å². The normalized spacial score (nSPS) is 18.7. The number of carbonyl (C=O) groups is 2. The zero-order chi connectivity index (χ0) is 18.0. The molecule has 2 fully saturated rings. The Kier molecular flexibility index (Phi) is 5.07. The number of benzene rings is 1. The van der Waals surface area contributed by atoms with Crippen molar-refractivity contribution in [3.05, 3.63) is 29.8 Å². The Labute approximate surface area is 146 Å². The van der Waals surface area contributed by atoms with E-state index in [1.807, 2.05) is 0 Å². The molecule has 1 N–H and O–H groups in total. The zero-order valence-corrected chi connectivity index (χ0v) is 14.4. The second-order valence-corrected chi connectivity index (χ2v) is 8.04. The molecule has 1 aliphatic heterocycles. The second-order valence-electron chi connectivity index (χ2n) is 6.10. The first-order valence-electron chi connectivity index (χ1n) is 8.10. The molecule has 136 valence electrons. The number of ether oxygens (including phenoxy) is 1. The lowest BCUT2D eigenvalue weighted by molar-refractivity contribution is -0.137. The highest BCUT2D eigenvalue weighted by Gasteiger charge is 2.35. The maximum Gasteiger partial charge on any atom is 0.323 e. The Balaban J connectivity index is 1.85. The maximum atomic E-state index is 12.7. The molecule has 1 saturated carbocycles. The van der Waals surface area contributed by atoms with Crippen LogP contribution in [0.25, 0.3) is 0 Å². The summed E-state index contributed by atoms with van der Waals surface area (Å²) in [4.78, 5) is 25.0. The first-order chi connectivity index (χ1) is 11.9. The molecule has 2 aliphatic rings. The predicted octanol–water partition coefficient (Wildman–Crippen LogP) is 0.397. The summed E-state index contributed by atoms with van der Waals surface area (Å²) in [6.07, 6.45) is 1.54. The summed E-state index contributed by atoms with van der Waals surface area (Å²) >= 11 is 0. The fourth-order valence-corrected chi connectivity index (χ4v) is 4.24. The summed E-state index contributed by atoms with van der Waals surface area (Å²) in [5.41, 5.74) is 0.183. The molecule has 3 rings (SSSR count). The molecule has 0 atom stereocenters. The van der Waals surface area contributed by atoms with E-state index in [2.05, 4.69) is 0 Å². The fraction of sp³-hybridized carbons (Fsp3) is 0.500. The average molecular weight is 368 g/mol. The summed E-state index contributed by atoms with van der Waals surface area (Å²) in [5.74, 6) is -1.54. The van der Waals surface area contributed by atoms with Gasteiger partial charge in [-0.15, -0.1) is 0 Å². The Morgan fingerprint density at radius 2 is 1.92 bits per heavy atom. The molecule has 8 nitrogen and oxygen atoms in total. The molecule has 0 spiro atoms. The number of nitrogens with zero attached hydrogens (tertiary/aromatic N) is 2. The minimum Gasteiger partial charge on any atom is -0.480 e. The smallest absolute Gasteiger partial charge is 0.323 e. The molecular formula is C16H20N2O6S. The minimum absolute atomic E-state index is 0.0336. The van der Waals surface area contributed by atoms with Crippen LogP contribution in [0.5, 0.6) is 0 Å². The van der Waals surface area contributed by atoms with Gasteiger partial charge in [0.15, 0.2) is 0 Å². The molecule has 1 aromatic rings. The monoisotopic (exact) mass is 368 g/mol. The van der Waals surface area contributed by atoms with Crippen LogP contribution in [-0.2, 0) is 19.6 Å². The quantitative estimate of drug-likeness (QED) is 0.779. The van der Waals surface area contributed by atoms with Crippen molar-refractivity contribution >= 4 is 21.9 Å². The van der Waals surface area contributed by atoms with Crippen LogP contribution in [0.4, 0.5) is 0 Å². The maximum absolute atomic E-state index is 12.7. The largest absolute Gasteiger partial charge is 0.480 e. The lowest BCUT2D eigenvalue weighted by Crippen LogP contribution is -2.41. The first kappa shape index (κ1) is 17.8. The van der Waals surface area contributed by atoms with E-state index < -0.39 is 21.9 Å². The lowest BCUT2D eigenvalue weighted by Gasteiger charge is -2.26. The van der Waals surface area contributed by atoms with Crippen molar-refractivity contribution in [2.45, 2.75) is 23.8 Å². The molecule has 0 unspecified atom stereocenters. The molecule has 1 saturated heterocycles. The van der Waals surface area contributed by atoms with Crippen LogP contribution in [0.15, 0.2) is 29.2 Å². The third kappa shape index (κ3) is 4.00. The Morgan fingerprint density at radius 3 is 2.52 bits per heavy atom. The van der Waals surface area contributed by atoms with Gasteiger partial charge in [-0.1, -0.05) is 6.07 Å². The number of amides is 1. The Morgan fingerprint density at radius 1 is 1.24 bits per heavy atom. The summed E-state index contributed by atoms with van der Waals surface area (Å²) < 4.78 is 31.9. The van der Waals surface area contributed by atoms with Gasteiger partial charge in [0.05, 0.1) is 18.1 Å². The fourth-order valence-electron chi connectivity index (χ4n) is 2.79. The van der Waals surface area contributed by atoms with E-state index in [-0.39, 0.29) is 36.1 Å². The van der Waals surface area contributed by atoms with Gasteiger partial charge in [0.25, 0.3) is 5.91 Å². The number of carboxylic acids is 1. The molecule has 0 bridgehead atoms. The molecule has 9 heteroatoms. The third-order valence-electron chi connectivity index (χ3n) is 4.24. The van der Waals surface area contributed by atoms with Crippen LogP contribution in [0, 0.1) is 0 Å². The highest BCUT2D eigenvalue weighted by molar-refractivity contribution is 7.89. The number of carboxylic acid groups (broad SMARTS) is 1. The van der Waals surface area contributed by atoms with Gasteiger partial charge >= 0.3 is 5.97 Å². The van der Waals surface area contributed by atoms with Crippen LogP contribution in [0.3, 0.4) is 0 Å². The molecule has 0 radical (unpaired) electrons. The predicted molar refractivity (Wildman–Crippen MR) is 87.7 cm³/mol. The van der Waals surface area contributed by atoms with Gasteiger partial charge < -0.3 is 14.7 Å². The van der Waals surface area contributed by atoms with E-state index in [1.165, 1.54) is 33.5 Å². The number of aliphatic carboxylic acids is 1. The van der Waals surface area contributed by atoms with Crippen molar-refractivity contribution in [1.29, 1.82) is 0 Å². The van der Waals surface area contributed by atoms with Crippen LogP contribution in [-0.4, -0.2) is 73.5 Å². The van der Waals surface area contributed by atoms with E-state index in [9.17, 15) is 18.0 Å². The Hall–Kier alpha value is -1.97. The molecule has 1 amide bonds. The summed E-state index contributed by atoms with van der Waals surface area (Å²) in [5, 5.41) is 9.00. The first-order valence-corrected chi connectivity index (χ1v) is 9.54. The molecule has 1 aromatic carbocycles. The van der Waals surface area contributed by atoms with Crippen molar-refractivity contribution in [3.63, 3.8) is 0 Å². The van der Waals surface area contributed by atoms with Crippen LogP contribution in [0.1, 0.15) is 23.2 Å². The van der Waals surface area contributed by atoms with Crippen LogP contribution < -0.4 is 0 Å². The van der Waals surface area contributed by atoms with Gasteiger partial charge in [0.1, 0.15) is 6.54 Å². The van der Waals surface area contributed by atoms with Gasteiger partial charge in [0.2, 0.25) is 10.0 Å². The molecule has 1 heterocycles. The van der Waals surface area contributed by atoms with E-state index >= 15 is 0 Å². The third-order valence-corrected chi connectivity index (χ3v) is 6.14. The summed E-state index contributed by atoms with van der Waals surface area (Å²) in [7, 11) is -3.71. The van der Waals surface area contributed by atoms with Gasteiger partial charge in [-0.05, 0) is 31.0 Å². The standard InChI is InChI=1S/C16H20N2O6S/c19-15(20)11-18(13-4-5-13)16(21)12-2-1-3-14(10-12)25(22,23)17-6-8-24-9-7-17/h1-3,10,13H,4-9,11H2,(H,19,20). The van der Waals surface area contributed by atoms with Crippen molar-refractivity contribution in [2.24, 2.45) is 0 Å². The van der Waals surface area contributed by atoms with Gasteiger partial charge in [-0.2, -0.15) is 4.31 Å². The number of morpholine rings is 1. The summed E-state index contributed by atoms with van der Waals surface area (Å²) in [6, 6.07) is 5.71. The highest BCUT2D eigenvalue weighted by atomic mass is 32.2. The van der Waals surface area contributed by atoms with E-state index in [4.69, 9.17) is 9.84 Å². The number of sulfonamides is 1. The molecule has 25 heavy (non-hydrogen) atoms. The van der Waals surface area contributed by atoms with Crippen molar-refractivity contribution in [3.8, 4) is 0 Å². The topological polar surface area (TPSA) is 104 Å². The van der Waals surface area contributed by atoms with Crippen molar-refractivity contribution in [2.75, 3.05) is 32.8 Å². The Bertz CT molecular complexity index is 769. The number of carbonyl (C=O) groups excluding carboxylic acids is 1. The van der Waals surface area contributed by atoms with Crippen molar-refractivity contribution in [1.82, 2.24) is 9.21 Å². The van der Waals surface area contributed by atoms with Crippen molar-refractivity contribution < 1.29 is 27.9 Å². The summed E-state index contributed by atoms with van der Waals surface area (Å²) in [6.45, 7) is 0.837. The van der Waals surface area contributed by atoms with Crippen LogP contribution in [0.2, 0.25) is 0 Å². The minimum atomic E-state index is -3.71. The number of rotatable bonds is 6. The molecule has 0 aromatic heterocycles.